The molecule has 0 saturated heterocycles. The standard InChI is InChI=1S/C11H24N2O2/c1-9(2)12-11(15)8-13(10(3)4)6-5-7-14/h9-10,14H,5-8H2,1-4H3,(H,12,15). The van der Waals surface area contributed by atoms with Gasteiger partial charge in [-0.15, -0.1) is 0 Å². The van der Waals surface area contributed by atoms with E-state index < -0.39 is 0 Å². The summed E-state index contributed by atoms with van der Waals surface area (Å²) in [7, 11) is 0. The first kappa shape index (κ1) is 14.4. The molecule has 0 aliphatic rings. The molecule has 0 atom stereocenters. The first-order chi connectivity index (χ1) is 6.97. The molecule has 15 heavy (non-hydrogen) atoms. The lowest BCUT2D eigenvalue weighted by Gasteiger charge is -2.25. The van der Waals surface area contributed by atoms with Gasteiger partial charge in [0.05, 0.1) is 6.54 Å². The fourth-order valence-corrected chi connectivity index (χ4v) is 1.35. The van der Waals surface area contributed by atoms with Gasteiger partial charge in [0.1, 0.15) is 0 Å². The average molecular weight is 216 g/mol. The van der Waals surface area contributed by atoms with Crippen LogP contribution in [-0.2, 0) is 4.79 Å². The van der Waals surface area contributed by atoms with Crippen molar-refractivity contribution >= 4 is 5.91 Å². The maximum atomic E-state index is 11.5. The SMILES string of the molecule is CC(C)NC(=O)CN(CCCO)C(C)C. The van der Waals surface area contributed by atoms with Gasteiger partial charge in [0.15, 0.2) is 0 Å². The van der Waals surface area contributed by atoms with E-state index in [4.69, 9.17) is 5.11 Å². The van der Waals surface area contributed by atoms with E-state index >= 15 is 0 Å². The van der Waals surface area contributed by atoms with Crippen LogP contribution in [0.15, 0.2) is 0 Å². The highest BCUT2D eigenvalue weighted by molar-refractivity contribution is 5.78. The number of nitrogens with one attached hydrogen (secondary N) is 1. The van der Waals surface area contributed by atoms with Crippen LogP contribution in [0.3, 0.4) is 0 Å². The van der Waals surface area contributed by atoms with Crippen molar-refractivity contribution in [3.63, 3.8) is 0 Å². The van der Waals surface area contributed by atoms with Gasteiger partial charge >= 0.3 is 0 Å². The highest BCUT2D eigenvalue weighted by Gasteiger charge is 2.13. The number of amides is 1. The summed E-state index contributed by atoms with van der Waals surface area (Å²) < 4.78 is 0. The first-order valence-corrected chi connectivity index (χ1v) is 5.61. The molecule has 0 aromatic rings. The molecule has 2 N–H and O–H groups in total. The Labute approximate surface area is 92.7 Å². The minimum absolute atomic E-state index is 0.0524. The van der Waals surface area contributed by atoms with Crippen LogP contribution in [0.2, 0.25) is 0 Å². The van der Waals surface area contributed by atoms with E-state index in [2.05, 4.69) is 24.1 Å². The van der Waals surface area contributed by atoms with Gasteiger partial charge in [-0.05, 0) is 34.1 Å². The van der Waals surface area contributed by atoms with Gasteiger partial charge in [-0.2, -0.15) is 0 Å². The van der Waals surface area contributed by atoms with Crippen LogP contribution >= 0.6 is 0 Å². The number of hydrogen-bond donors (Lipinski definition) is 2. The maximum absolute atomic E-state index is 11.5. The van der Waals surface area contributed by atoms with E-state index in [0.717, 1.165) is 6.54 Å². The molecule has 0 radical (unpaired) electrons. The van der Waals surface area contributed by atoms with Crippen molar-refractivity contribution in [2.75, 3.05) is 19.7 Å². The molecular formula is C11H24N2O2. The fraction of sp³-hybridized carbons (Fsp3) is 0.909. The Morgan fingerprint density at radius 2 is 1.93 bits per heavy atom. The van der Waals surface area contributed by atoms with Gasteiger partial charge in [0.25, 0.3) is 0 Å². The van der Waals surface area contributed by atoms with Crippen molar-refractivity contribution in [2.24, 2.45) is 0 Å². The fourth-order valence-electron chi connectivity index (χ4n) is 1.35. The molecule has 0 fully saturated rings. The van der Waals surface area contributed by atoms with Crippen molar-refractivity contribution in [3.05, 3.63) is 0 Å². The third kappa shape index (κ3) is 7.33. The van der Waals surface area contributed by atoms with E-state index in [1.807, 2.05) is 13.8 Å². The lowest BCUT2D eigenvalue weighted by atomic mass is 10.2. The zero-order valence-corrected chi connectivity index (χ0v) is 10.3. The molecule has 0 unspecified atom stereocenters. The van der Waals surface area contributed by atoms with Gasteiger partial charge in [0.2, 0.25) is 5.91 Å². The van der Waals surface area contributed by atoms with Crippen LogP contribution in [0.4, 0.5) is 0 Å². The first-order valence-electron chi connectivity index (χ1n) is 5.61. The summed E-state index contributed by atoms with van der Waals surface area (Å²) in [4.78, 5) is 13.6. The molecule has 0 aromatic carbocycles. The van der Waals surface area contributed by atoms with Gasteiger partial charge in [-0.25, -0.2) is 0 Å². The lowest BCUT2D eigenvalue weighted by molar-refractivity contribution is -0.123. The summed E-state index contributed by atoms with van der Waals surface area (Å²) in [5.41, 5.74) is 0. The van der Waals surface area contributed by atoms with Crippen molar-refractivity contribution in [2.45, 2.75) is 46.2 Å². The Morgan fingerprint density at radius 1 is 1.33 bits per heavy atom. The highest BCUT2D eigenvalue weighted by Crippen LogP contribution is 1.99. The highest BCUT2D eigenvalue weighted by atomic mass is 16.3. The molecule has 0 aliphatic carbocycles. The minimum Gasteiger partial charge on any atom is -0.396 e. The predicted octanol–water partition coefficient (Wildman–Crippen LogP) is 0.604. The van der Waals surface area contributed by atoms with Crippen LogP contribution in [-0.4, -0.2) is 47.7 Å². The summed E-state index contributed by atoms with van der Waals surface area (Å²) in [6.07, 6.45) is 0.715. The normalized spacial score (nSPS) is 11.5. The van der Waals surface area contributed by atoms with Crippen LogP contribution in [0.25, 0.3) is 0 Å². The molecular weight excluding hydrogens is 192 g/mol. The molecule has 0 saturated carbocycles. The number of aliphatic hydroxyl groups excluding tert-OH is 1. The molecule has 4 heteroatoms. The third-order valence-corrected chi connectivity index (χ3v) is 2.13. The summed E-state index contributed by atoms with van der Waals surface area (Å²) in [6.45, 7) is 9.36. The molecule has 0 rings (SSSR count). The van der Waals surface area contributed by atoms with Crippen molar-refractivity contribution in [3.8, 4) is 0 Å². The van der Waals surface area contributed by atoms with E-state index in [1.54, 1.807) is 0 Å². The number of hydrogen-bond acceptors (Lipinski definition) is 3. The number of rotatable bonds is 7. The van der Waals surface area contributed by atoms with E-state index in [1.165, 1.54) is 0 Å². The molecule has 0 heterocycles. The topological polar surface area (TPSA) is 52.6 Å². The summed E-state index contributed by atoms with van der Waals surface area (Å²) in [6, 6.07) is 0.513. The Hall–Kier alpha value is -0.610. The van der Waals surface area contributed by atoms with Gasteiger partial charge in [-0.1, -0.05) is 0 Å². The average Bonchev–Trinajstić information content (AvgIpc) is 2.10. The molecule has 0 aliphatic heterocycles. The molecule has 0 bridgehead atoms. The zero-order valence-electron chi connectivity index (χ0n) is 10.3. The van der Waals surface area contributed by atoms with E-state index in [9.17, 15) is 4.79 Å². The Morgan fingerprint density at radius 3 is 2.33 bits per heavy atom. The van der Waals surface area contributed by atoms with Crippen molar-refractivity contribution < 1.29 is 9.90 Å². The second-order valence-electron chi connectivity index (χ2n) is 4.36. The smallest absolute Gasteiger partial charge is 0.234 e. The summed E-state index contributed by atoms with van der Waals surface area (Å²) in [5.74, 6) is 0.0524. The second-order valence-corrected chi connectivity index (χ2v) is 4.36. The van der Waals surface area contributed by atoms with Crippen LogP contribution in [0.1, 0.15) is 34.1 Å². The van der Waals surface area contributed by atoms with Gasteiger partial charge < -0.3 is 10.4 Å². The predicted molar refractivity (Wildman–Crippen MR) is 61.7 cm³/mol. The van der Waals surface area contributed by atoms with Crippen molar-refractivity contribution in [1.29, 1.82) is 0 Å². The third-order valence-electron chi connectivity index (χ3n) is 2.13. The minimum atomic E-state index is 0.0524. The van der Waals surface area contributed by atoms with Crippen LogP contribution in [0.5, 0.6) is 0 Å². The Bertz CT molecular complexity index is 181. The molecule has 0 spiro atoms. The number of carbonyl (C=O) groups excluding carboxylic acids is 1. The largest absolute Gasteiger partial charge is 0.396 e. The summed E-state index contributed by atoms with van der Waals surface area (Å²) >= 11 is 0. The zero-order chi connectivity index (χ0) is 11.8. The van der Waals surface area contributed by atoms with Crippen molar-refractivity contribution in [1.82, 2.24) is 10.2 Å². The quantitative estimate of drug-likeness (QED) is 0.655. The monoisotopic (exact) mass is 216 g/mol. The Kier molecular flexibility index (Phi) is 7.34. The second kappa shape index (κ2) is 7.65. The number of carbonyl (C=O) groups is 1. The van der Waals surface area contributed by atoms with Crippen LogP contribution < -0.4 is 5.32 Å². The van der Waals surface area contributed by atoms with E-state index in [0.29, 0.717) is 19.0 Å². The molecule has 1 amide bonds. The molecule has 0 aromatic heterocycles. The lowest BCUT2D eigenvalue weighted by Crippen LogP contribution is -2.43. The molecule has 90 valence electrons. The van der Waals surface area contributed by atoms with Gasteiger partial charge in [0, 0.05) is 25.2 Å². The number of aliphatic hydroxyl groups is 1. The maximum Gasteiger partial charge on any atom is 0.234 e. The van der Waals surface area contributed by atoms with Gasteiger partial charge in [-0.3, -0.25) is 9.69 Å². The van der Waals surface area contributed by atoms with Crippen LogP contribution in [0, 0.1) is 0 Å². The molecule has 4 nitrogen and oxygen atoms in total. The van der Waals surface area contributed by atoms with E-state index in [-0.39, 0.29) is 18.6 Å². The summed E-state index contributed by atoms with van der Waals surface area (Å²) in [5, 5.41) is 11.6. The number of nitrogens with zero attached hydrogens (tertiary/aromatic N) is 1. The Balaban J connectivity index is 3.98.